The van der Waals surface area contributed by atoms with Gasteiger partial charge in [-0.3, -0.25) is 0 Å². The van der Waals surface area contributed by atoms with Crippen molar-refractivity contribution in [1.82, 2.24) is 9.97 Å². The third-order valence-corrected chi connectivity index (χ3v) is 11.0. The van der Waals surface area contributed by atoms with Crippen molar-refractivity contribution in [1.29, 1.82) is 0 Å². The lowest BCUT2D eigenvalue weighted by atomic mass is 9.93. The topological polar surface area (TPSA) is 52.1 Å². The van der Waals surface area contributed by atoms with E-state index in [1.807, 2.05) is 30.3 Å². The molecule has 0 saturated heterocycles. The number of nitrogens with zero attached hydrogens (tertiary/aromatic N) is 2. The number of para-hydroxylation sites is 4. The summed E-state index contributed by atoms with van der Waals surface area (Å²) < 4.78 is 13.2. The van der Waals surface area contributed by atoms with Gasteiger partial charge in [-0.05, 0) is 71.6 Å². The van der Waals surface area contributed by atoms with Gasteiger partial charge in [0.15, 0.2) is 5.82 Å². The fraction of sp³-hybridized carbons (Fsp3) is 0.0189. The Morgan fingerprint density at radius 3 is 1.44 bits per heavy atom. The van der Waals surface area contributed by atoms with Crippen LogP contribution in [0.5, 0.6) is 0 Å². The number of hydrogen-bond acceptors (Lipinski definition) is 4. The zero-order valence-corrected chi connectivity index (χ0v) is 31.1. The van der Waals surface area contributed by atoms with Gasteiger partial charge in [0, 0.05) is 49.4 Å². The summed E-state index contributed by atoms with van der Waals surface area (Å²) >= 11 is 0. The Labute approximate surface area is 329 Å². The maximum absolute atomic E-state index is 6.61. The number of rotatable bonds is 6. The summed E-state index contributed by atoms with van der Waals surface area (Å²) in [6.07, 6.45) is 0. The maximum atomic E-state index is 6.61. The van der Waals surface area contributed by atoms with Crippen molar-refractivity contribution >= 4 is 43.9 Å². The highest BCUT2D eigenvalue weighted by atomic mass is 16.3. The summed E-state index contributed by atoms with van der Waals surface area (Å²) in [5, 5.41) is 4.36. The summed E-state index contributed by atoms with van der Waals surface area (Å²) in [6.45, 7) is 2.10. The lowest BCUT2D eigenvalue weighted by Crippen LogP contribution is -1.97. The van der Waals surface area contributed by atoms with Crippen molar-refractivity contribution in [3.63, 3.8) is 0 Å². The summed E-state index contributed by atoms with van der Waals surface area (Å²) in [5.41, 5.74) is 15.5. The molecule has 0 spiro atoms. The Balaban J connectivity index is 1.17. The molecule has 0 aliphatic heterocycles. The zero-order valence-electron chi connectivity index (χ0n) is 31.1. The Bertz CT molecular complexity index is 3170. The molecule has 0 saturated carbocycles. The lowest BCUT2D eigenvalue weighted by Gasteiger charge is -2.14. The normalized spacial score (nSPS) is 11.6. The van der Waals surface area contributed by atoms with E-state index in [9.17, 15) is 0 Å². The molecule has 0 radical (unpaired) electrons. The first kappa shape index (κ1) is 32.8. The van der Waals surface area contributed by atoms with Gasteiger partial charge in [0.05, 0.1) is 11.4 Å². The van der Waals surface area contributed by atoms with Crippen molar-refractivity contribution in [3.8, 4) is 67.3 Å². The Hall–Kier alpha value is -7.56. The van der Waals surface area contributed by atoms with E-state index >= 15 is 0 Å². The van der Waals surface area contributed by atoms with E-state index in [-0.39, 0.29) is 0 Å². The van der Waals surface area contributed by atoms with Gasteiger partial charge in [0.1, 0.15) is 22.3 Å². The molecule has 0 aliphatic rings. The molecule has 3 heterocycles. The fourth-order valence-electron chi connectivity index (χ4n) is 8.10. The summed E-state index contributed by atoms with van der Waals surface area (Å²) in [4.78, 5) is 10.5. The molecule has 8 aromatic carbocycles. The van der Waals surface area contributed by atoms with Gasteiger partial charge in [0.25, 0.3) is 0 Å². The average molecular weight is 731 g/mol. The standard InChI is InChI=1S/C53H34N2O2/c1-33-24-26-35(27-25-33)53-54-47(37-15-9-14-36(28-37)34-12-3-2-4-13-34)32-48(55-53)40-30-38(41-18-10-20-45-43-16-5-7-22-49(43)56-51(41)45)29-39(31-40)42-19-11-21-46-44-17-6-8-23-50(44)57-52(42)46/h2-32H,1H3. The second-order valence-electron chi connectivity index (χ2n) is 14.6. The minimum atomic E-state index is 0.665. The average Bonchev–Trinajstić information content (AvgIpc) is 3.85. The quantitative estimate of drug-likeness (QED) is 0.171. The van der Waals surface area contributed by atoms with Crippen LogP contribution in [-0.2, 0) is 0 Å². The molecule has 268 valence electrons. The molecular weight excluding hydrogens is 697 g/mol. The minimum Gasteiger partial charge on any atom is -0.455 e. The molecule has 0 fully saturated rings. The lowest BCUT2D eigenvalue weighted by molar-refractivity contribution is 0.670. The highest BCUT2D eigenvalue weighted by Crippen LogP contribution is 2.42. The van der Waals surface area contributed by atoms with Crippen LogP contribution in [0.3, 0.4) is 0 Å². The van der Waals surface area contributed by atoms with Crippen LogP contribution >= 0.6 is 0 Å². The SMILES string of the molecule is Cc1ccc(-c2nc(-c3cccc(-c4ccccc4)c3)cc(-c3cc(-c4cccc5c4oc4ccccc45)cc(-c4cccc5c4oc4ccccc45)c3)n2)cc1. The van der Waals surface area contributed by atoms with Crippen LogP contribution in [0.1, 0.15) is 5.56 Å². The number of aryl methyl sites for hydroxylation is 1. The van der Waals surface area contributed by atoms with Gasteiger partial charge < -0.3 is 8.83 Å². The first-order chi connectivity index (χ1) is 28.1. The molecule has 0 unspecified atom stereocenters. The van der Waals surface area contributed by atoms with Gasteiger partial charge in [-0.15, -0.1) is 0 Å². The molecule has 4 heteroatoms. The van der Waals surface area contributed by atoms with Gasteiger partial charge in [-0.25, -0.2) is 9.97 Å². The van der Waals surface area contributed by atoms with E-state index in [4.69, 9.17) is 18.8 Å². The fourth-order valence-corrected chi connectivity index (χ4v) is 8.10. The second-order valence-corrected chi connectivity index (χ2v) is 14.6. The van der Waals surface area contributed by atoms with Crippen LogP contribution in [0.25, 0.3) is 111 Å². The third-order valence-electron chi connectivity index (χ3n) is 11.0. The molecule has 57 heavy (non-hydrogen) atoms. The Kier molecular flexibility index (Phi) is 7.68. The molecule has 3 aromatic heterocycles. The second kappa shape index (κ2) is 13.3. The van der Waals surface area contributed by atoms with E-state index in [0.29, 0.717) is 5.82 Å². The predicted octanol–water partition coefficient (Wildman–Crippen LogP) is 14.6. The third kappa shape index (κ3) is 5.78. The number of aromatic nitrogens is 2. The van der Waals surface area contributed by atoms with Crippen LogP contribution < -0.4 is 0 Å². The summed E-state index contributed by atoms with van der Waals surface area (Å²) in [5.74, 6) is 0.665. The number of benzene rings is 8. The molecule has 0 bridgehead atoms. The predicted molar refractivity (Wildman–Crippen MR) is 234 cm³/mol. The zero-order chi connectivity index (χ0) is 37.9. The number of hydrogen-bond donors (Lipinski definition) is 0. The molecule has 4 nitrogen and oxygen atoms in total. The van der Waals surface area contributed by atoms with Gasteiger partial charge in [0.2, 0.25) is 0 Å². The molecular formula is C53H34N2O2. The molecule has 0 amide bonds. The molecule has 11 rings (SSSR count). The van der Waals surface area contributed by atoms with Crippen molar-refractivity contribution in [2.24, 2.45) is 0 Å². The highest BCUT2D eigenvalue weighted by Gasteiger charge is 2.19. The first-order valence-electron chi connectivity index (χ1n) is 19.2. The highest BCUT2D eigenvalue weighted by molar-refractivity contribution is 6.11. The van der Waals surface area contributed by atoms with Gasteiger partial charge in [-0.1, -0.05) is 151 Å². The van der Waals surface area contributed by atoms with E-state index in [1.54, 1.807) is 0 Å². The van der Waals surface area contributed by atoms with Crippen molar-refractivity contribution in [3.05, 3.63) is 194 Å². The monoisotopic (exact) mass is 730 g/mol. The maximum Gasteiger partial charge on any atom is 0.160 e. The van der Waals surface area contributed by atoms with Crippen LogP contribution in [0.2, 0.25) is 0 Å². The smallest absolute Gasteiger partial charge is 0.160 e. The van der Waals surface area contributed by atoms with Crippen molar-refractivity contribution in [2.45, 2.75) is 6.92 Å². The van der Waals surface area contributed by atoms with Crippen molar-refractivity contribution in [2.75, 3.05) is 0 Å². The largest absolute Gasteiger partial charge is 0.455 e. The number of fused-ring (bicyclic) bond motifs is 6. The number of furan rings is 2. The molecule has 0 atom stereocenters. The summed E-state index contributed by atoms with van der Waals surface area (Å²) in [6, 6.07) is 65.6. The van der Waals surface area contributed by atoms with Crippen LogP contribution in [0.4, 0.5) is 0 Å². The molecule has 0 N–H and O–H groups in total. The minimum absolute atomic E-state index is 0.665. The molecule has 0 aliphatic carbocycles. The van der Waals surface area contributed by atoms with Crippen molar-refractivity contribution < 1.29 is 8.83 Å². The summed E-state index contributed by atoms with van der Waals surface area (Å²) in [7, 11) is 0. The van der Waals surface area contributed by atoms with E-state index in [1.165, 1.54) is 5.56 Å². The first-order valence-corrected chi connectivity index (χ1v) is 19.2. The van der Waals surface area contributed by atoms with Gasteiger partial charge in [-0.2, -0.15) is 0 Å². The Morgan fingerprint density at radius 2 is 0.807 bits per heavy atom. The van der Waals surface area contributed by atoms with Crippen LogP contribution in [0, 0.1) is 6.92 Å². The van der Waals surface area contributed by atoms with E-state index < -0.39 is 0 Å². The van der Waals surface area contributed by atoms with Gasteiger partial charge >= 0.3 is 0 Å². The van der Waals surface area contributed by atoms with E-state index in [0.717, 1.165) is 105 Å². The Morgan fingerprint density at radius 1 is 0.333 bits per heavy atom. The molecule has 11 aromatic rings. The van der Waals surface area contributed by atoms with Crippen LogP contribution in [-0.4, -0.2) is 9.97 Å². The van der Waals surface area contributed by atoms with Crippen LogP contribution in [0.15, 0.2) is 197 Å². The van der Waals surface area contributed by atoms with E-state index in [2.05, 4.69) is 165 Å².